The Morgan fingerprint density at radius 2 is 2.03 bits per heavy atom. The highest BCUT2D eigenvalue weighted by atomic mass is 32.2. The molecule has 0 saturated carbocycles. The van der Waals surface area contributed by atoms with E-state index in [2.05, 4.69) is 20.5 Å². The Kier molecular flexibility index (Phi) is 5.85. The number of hydrogen-bond acceptors (Lipinski definition) is 7. The number of pyridine rings is 1. The second-order valence-electron chi connectivity index (χ2n) is 7.91. The van der Waals surface area contributed by atoms with Gasteiger partial charge in [0.2, 0.25) is 5.91 Å². The third-order valence-electron chi connectivity index (χ3n) is 5.19. The molecule has 4 rings (SSSR count). The van der Waals surface area contributed by atoms with E-state index in [9.17, 15) is 13.2 Å². The summed E-state index contributed by atoms with van der Waals surface area (Å²) in [4.78, 5) is 16.8. The molecule has 31 heavy (non-hydrogen) atoms. The number of thioether (sulfide) groups is 1. The smallest absolute Gasteiger partial charge is 0.230 e. The number of rotatable bonds is 6. The van der Waals surface area contributed by atoms with Crippen LogP contribution in [0.5, 0.6) is 0 Å². The first-order valence-electron chi connectivity index (χ1n) is 9.82. The van der Waals surface area contributed by atoms with Gasteiger partial charge in [0.25, 0.3) is 0 Å². The largest absolute Gasteiger partial charge is 0.349 e. The van der Waals surface area contributed by atoms with Gasteiger partial charge in [-0.05, 0) is 44.0 Å². The molecule has 1 saturated heterocycles. The van der Waals surface area contributed by atoms with E-state index >= 15 is 0 Å². The van der Waals surface area contributed by atoms with Crippen LogP contribution in [0.4, 0.5) is 0 Å². The number of carbonyl (C=O) groups excluding carboxylic acids is 1. The van der Waals surface area contributed by atoms with Crippen molar-refractivity contribution in [3.8, 4) is 17.1 Å². The summed E-state index contributed by atoms with van der Waals surface area (Å²) < 4.78 is 25.5. The van der Waals surface area contributed by atoms with E-state index in [0.717, 1.165) is 16.8 Å². The van der Waals surface area contributed by atoms with Crippen LogP contribution in [0, 0.1) is 6.92 Å². The molecule has 1 amide bonds. The van der Waals surface area contributed by atoms with Crippen LogP contribution in [0.15, 0.2) is 53.9 Å². The molecule has 2 aromatic heterocycles. The first-order valence-corrected chi connectivity index (χ1v) is 12.6. The lowest BCUT2D eigenvalue weighted by Gasteiger charge is -2.23. The minimum absolute atomic E-state index is 0.0268. The van der Waals surface area contributed by atoms with Crippen molar-refractivity contribution in [3.63, 3.8) is 0 Å². The third-order valence-corrected chi connectivity index (χ3v) is 8.02. The second kappa shape index (κ2) is 8.43. The fourth-order valence-corrected chi connectivity index (χ4v) is 6.53. The summed E-state index contributed by atoms with van der Waals surface area (Å²) >= 11 is 1.26. The van der Waals surface area contributed by atoms with Crippen molar-refractivity contribution in [1.29, 1.82) is 0 Å². The molecule has 1 N–H and O–H groups in total. The molecule has 3 heterocycles. The number of benzene rings is 1. The SMILES string of the molecule is Cc1ccccc1-n1c(SCC(=O)NC2(C)CCS(=O)(=O)C2)nnc1-c1cccnc1. The molecular weight excluding hydrogens is 434 g/mol. The van der Waals surface area contributed by atoms with Crippen molar-refractivity contribution >= 4 is 27.5 Å². The molecule has 1 unspecified atom stereocenters. The van der Waals surface area contributed by atoms with Gasteiger partial charge < -0.3 is 5.32 Å². The number of hydrogen-bond donors (Lipinski definition) is 1. The van der Waals surface area contributed by atoms with Crippen molar-refractivity contribution in [1.82, 2.24) is 25.1 Å². The Labute approximate surface area is 185 Å². The zero-order valence-electron chi connectivity index (χ0n) is 17.3. The number of sulfone groups is 1. The van der Waals surface area contributed by atoms with Gasteiger partial charge in [0, 0.05) is 18.0 Å². The minimum atomic E-state index is -3.10. The van der Waals surface area contributed by atoms with Crippen LogP contribution in [-0.4, -0.2) is 56.9 Å². The van der Waals surface area contributed by atoms with Crippen molar-refractivity contribution in [2.45, 2.75) is 31.0 Å². The maximum absolute atomic E-state index is 12.6. The number of para-hydroxylation sites is 1. The molecule has 162 valence electrons. The predicted molar refractivity (Wildman–Crippen MR) is 120 cm³/mol. The van der Waals surface area contributed by atoms with E-state index < -0.39 is 15.4 Å². The van der Waals surface area contributed by atoms with Crippen LogP contribution < -0.4 is 5.32 Å². The Hall–Kier alpha value is -2.72. The molecule has 1 fully saturated rings. The molecule has 3 aromatic rings. The molecule has 0 bridgehead atoms. The van der Waals surface area contributed by atoms with Gasteiger partial charge in [-0.2, -0.15) is 0 Å². The summed E-state index contributed by atoms with van der Waals surface area (Å²) in [6.07, 6.45) is 3.85. The van der Waals surface area contributed by atoms with Crippen molar-refractivity contribution in [3.05, 3.63) is 54.4 Å². The molecule has 0 aliphatic carbocycles. The zero-order valence-corrected chi connectivity index (χ0v) is 18.9. The van der Waals surface area contributed by atoms with E-state index in [-0.39, 0.29) is 23.2 Å². The molecule has 1 atom stereocenters. The number of aryl methyl sites for hydroxylation is 1. The number of aromatic nitrogens is 4. The highest BCUT2D eigenvalue weighted by Gasteiger charge is 2.39. The van der Waals surface area contributed by atoms with E-state index in [1.54, 1.807) is 19.3 Å². The van der Waals surface area contributed by atoms with Gasteiger partial charge in [-0.3, -0.25) is 14.3 Å². The molecule has 0 radical (unpaired) electrons. The summed E-state index contributed by atoms with van der Waals surface area (Å²) in [7, 11) is -3.10. The number of carbonyl (C=O) groups is 1. The normalized spacial score (nSPS) is 19.9. The molecule has 10 heteroatoms. The van der Waals surface area contributed by atoms with Gasteiger partial charge in [0.05, 0.1) is 28.5 Å². The van der Waals surface area contributed by atoms with Crippen LogP contribution in [-0.2, 0) is 14.6 Å². The maximum Gasteiger partial charge on any atom is 0.230 e. The highest BCUT2D eigenvalue weighted by molar-refractivity contribution is 7.99. The Morgan fingerprint density at radius 1 is 1.23 bits per heavy atom. The fraction of sp³-hybridized carbons (Fsp3) is 0.333. The zero-order chi connectivity index (χ0) is 22.1. The Morgan fingerprint density at radius 3 is 2.71 bits per heavy atom. The van der Waals surface area contributed by atoms with E-state index in [0.29, 0.717) is 17.4 Å². The number of nitrogens with one attached hydrogen (secondary N) is 1. The Bertz CT molecular complexity index is 1210. The fourth-order valence-electron chi connectivity index (χ4n) is 3.69. The van der Waals surface area contributed by atoms with E-state index in [1.807, 2.05) is 47.9 Å². The minimum Gasteiger partial charge on any atom is -0.349 e. The average Bonchev–Trinajstić information content (AvgIpc) is 3.27. The average molecular weight is 458 g/mol. The maximum atomic E-state index is 12.6. The van der Waals surface area contributed by atoms with Crippen molar-refractivity contribution in [2.75, 3.05) is 17.3 Å². The second-order valence-corrected chi connectivity index (χ2v) is 11.0. The topological polar surface area (TPSA) is 107 Å². The lowest BCUT2D eigenvalue weighted by molar-refractivity contribution is -0.120. The summed E-state index contributed by atoms with van der Waals surface area (Å²) in [5.74, 6) is 0.590. The molecule has 1 aliphatic heterocycles. The van der Waals surface area contributed by atoms with Crippen LogP contribution in [0.1, 0.15) is 18.9 Å². The molecule has 0 spiro atoms. The van der Waals surface area contributed by atoms with Crippen LogP contribution >= 0.6 is 11.8 Å². The molecule has 8 nitrogen and oxygen atoms in total. The van der Waals surface area contributed by atoms with Gasteiger partial charge in [-0.1, -0.05) is 30.0 Å². The predicted octanol–water partition coefficient (Wildman–Crippen LogP) is 2.42. The summed E-state index contributed by atoms with van der Waals surface area (Å²) in [5.41, 5.74) is 2.06. The Balaban J connectivity index is 1.58. The van der Waals surface area contributed by atoms with Gasteiger partial charge >= 0.3 is 0 Å². The van der Waals surface area contributed by atoms with Gasteiger partial charge in [-0.15, -0.1) is 10.2 Å². The van der Waals surface area contributed by atoms with Crippen LogP contribution in [0.2, 0.25) is 0 Å². The van der Waals surface area contributed by atoms with Crippen LogP contribution in [0.25, 0.3) is 17.1 Å². The van der Waals surface area contributed by atoms with E-state index in [1.165, 1.54) is 11.8 Å². The van der Waals surface area contributed by atoms with Crippen molar-refractivity contribution < 1.29 is 13.2 Å². The van der Waals surface area contributed by atoms with E-state index in [4.69, 9.17) is 0 Å². The number of nitrogens with zero attached hydrogens (tertiary/aromatic N) is 4. The molecular formula is C21H23N5O3S2. The summed E-state index contributed by atoms with van der Waals surface area (Å²) in [5, 5.41) is 12.1. The van der Waals surface area contributed by atoms with Crippen molar-refractivity contribution in [2.24, 2.45) is 0 Å². The quantitative estimate of drug-likeness (QED) is 0.567. The van der Waals surface area contributed by atoms with Gasteiger partial charge in [-0.25, -0.2) is 8.42 Å². The first kappa shape index (κ1) is 21.5. The third kappa shape index (κ3) is 4.80. The summed E-state index contributed by atoms with van der Waals surface area (Å²) in [6.45, 7) is 3.78. The van der Waals surface area contributed by atoms with Gasteiger partial charge in [0.15, 0.2) is 20.8 Å². The first-order chi connectivity index (χ1) is 14.8. The monoisotopic (exact) mass is 457 g/mol. The lowest BCUT2D eigenvalue weighted by atomic mass is 10.0. The molecule has 1 aromatic carbocycles. The lowest BCUT2D eigenvalue weighted by Crippen LogP contribution is -2.47. The number of amides is 1. The molecule has 1 aliphatic rings. The van der Waals surface area contributed by atoms with Crippen LogP contribution in [0.3, 0.4) is 0 Å². The summed E-state index contributed by atoms with van der Waals surface area (Å²) in [6, 6.07) is 11.6. The highest BCUT2D eigenvalue weighted by Crippen LogP contribution is 2.29. The van der Waals surface area contributed by atoms with Gasteiger partial charge in [0.1, 0.15) is 0 Å². The standard InChI is InChI=1S/C21H23N5O3S2/c1-15-6-3-4-8-17(15)26-19(16-7-5-10-22-12-16)24-25-20(26)30-13-18(27)23-21(2)9-11-31(28,29)14-21/h3-8,10,12H,9,11,13-14H2,1-2H3,(H,23,27).